The van der Waals surface area contributed by atoms with E-state index in [-0.39, 0.29) is 6.54 Å². The first-order chi connectivity index (χ1) is 8.99. The van der Waals surface area contributed by atoms with E-state index in [1.807, 2.05) is 0 Å². The van der Waals surface area contributed by atoms with Gasteiger partial charge in [-0.2, -0.15) is 0 Å². The van der Waals surface area contributed by atoms with Crippen LogP contribution in [0.15, 0.2) is 33.2 Å². The van der Waals surface area contributed by atoms with Gasteiger partial charge in [-0.25, -0.2) is 22.9 Å². The number of carbonyl (C=O) groups is 1. The van der Waals surface area contributed by atoms with Crippen LogP contribution in [0.25, 0.3) is 0 Å². The largest absolute Gasteiger partial charge is 0.475 e. The molecule has 0 fully saturated rings. The molecular weight excluding hydrogens is 292 g/mol. The van der Waals surface area contributed by atoms with Crippen molar-refractivity contribution < 1.29 is 22.7 Å². The van der Waals surface area contributed by atoms with Crippen molar-refractivity contribution in [2.24, 2.45) is 0 Å². The number of rotatable bonds is 6. The van der Waals surface area contributed by atoms with Crippen molar-refractivity contribution in [1.29, 1.82) is 0 Å². The van der Waals surface area contributed by atoms with Crippen LogP contribution in [0.5, 0.6) is 0 Å². The molecule has 2 aromatic rings. The zero-order valence-electron chi connectivity index (χ0n) is 9.57. The number of aromatic carboxylic acids is 1. The Labute approximate surface area is 113 Å². The van der Waals surface area contributed by atoms with Gasteiger partial charge in [0.05, 0.1) is 5.01 Å². The summed E-state index contributed by atoms with van der Waals surface area (Å²) in [4.78, 5) is 14.6. The van der Waals surface area contributed by atoms with Gasteiger partial charge in [-0.05, 0) is 12.1 Å². The summed E-state index contributed by atoms with van der Waals surface area (Å²) in [7, 11) is -3.83. The van der Waals surface area contributed by atoms with Crippen LogP contribution >= 0.6 is 11.3 Å². The number of hydrogen-bond acceptors (Lipinski definition) is 6. The Hall–Kier alpha value is -1.71. The maximum atomic E-state index is 11.8. The fourth-order valence-corrected chi connectivity index (χ4v) is 2.90. The van der Waals surface area contributed by atoms with Gasteiger partial charge in [-0.3, -0.25) is 0 Å². The van der Waals surface area contributed by atoms with E-state index >= 15 is 0 Å². The van der Waals surface area contributed by atoms with E-state index in [1.165, 1.54) is 11.3 Å². The predicted molar refractivity (Wildman–Crippen MR) is 66.7 cm³/mol. The number of nitrogens with one attached hydrogen (secondary N) is 1. The lowest BCUT2D eigenvalue weighted by atomic mass is 10.5. The Balaban J connectivity index is 1.99. The van der Waals surface area contributed by atoms with E-state index in [2.05, 4.69) is 9.71 Å². The van der Waals surface area contributed by atoms with Gasteiger partial charge < -0.3 is 9.52 Å². The summed E-state index contributed by atoms with van der Waals surface area (Å²) in [5, 5.41) is 10.9. The Morgan fingerprint density at radius 1 is 1.47 bits per heavy atom. The minimum absolute atomic E-state index is 0.166. The highest BCUT2D eigenvalue weighted by atomic mass is 32.2. The predicted octanol–water partition coefficient (Wildman–Crippen LogP) is 0.955. The molecule has 0 unspecified atom stereocenters. The zero-order valence-corrected chi connectivity index (χ0v) is 11.2. The average Bonchev–Trinajstić information content (AvgIpc) is 2.99. The highest BCUT2D eigenvalue weighted by Crippen LogP contribution is 2.13. The van der Waals surface area contributed by atoms with E-state index in [4.69, 9.17) is 9.52 Å². The van der Waals surface area contributed by atoms with Crippen molar-refractivity contribution >= 4 is 27.3 Å². The maximum Gasteiger partial charge on any atom is 0.371 e. The minimum atomic E-state index is -3.83. The SMILES string of the molecule is O=C(O)c1ccc(S(=O)(=O)NCCc2nccs2)o1. The molecule has 0 radical (unpaired) electrons. The van der Waals surface area contributed by atoms with Gasteiger partial charge in [0.25, 0.3) is 10.0 Å². The molecule has 2 heterocycles. The topological polar surface area (TPSA) is 110 Å². The first-order valence-electron chi connectivity index (χ1n) is 5.20. The quantitative estimate of drug-likeness (QED) is 0.822. The Bertz CT molecular complexity index is 660. The highest BCUT2D eigenvalue weighted by molar-refractivity contribution is 7.89. The molecule has 2 rings (SSSR count). The number of carboxylic acid groups (broad SMARTS) is 1. The van der Waals surface area contributed by atoms with Gasteiger partial charge in [-0.1, -0.05) is 0 Å². The van der Waals surface area contributed by atoms with Gasteiger partial charge in [0, 0.05) is 24.5 Å². The van der Waals surface area contributed by atoms with E-state index in [1.54, 1.807) is 11.6 Å². The van der Waals surface area contributed by atoms with Crippen LogP contribution in [0.4, 0.5) is 0 Å². The summed E-state index contributed by atoms with van der Waals surface area (Å²) < 4.78 is 30.6. The highest BCUT2D eigenvalue weighted by Gasteiger charge is 2.20. The molecule has 102 valence electrons. The Kier molecular flexibility index (Phi) is 3.98. The molecule has 0 spiro atoms. The molecule has 0 atom stereocenters. The summed E-state index contributed by atoms with van der Waals surface area (Å²) in [6.07, 6.45) is 2.10. The van der Waals surface area contributed by atoms with Gasteiger partial charge in [-0.15, -0.1) is 11.3 Å². The summed E-state index contributed by atoms with van der Waals surface area (Å²) in [6.45, 7) is 0.166. The van der Waals surface area contributed by atoms with Gasteiger partial charge in [0.1, 0.15) is 0 Å². The number of aromatic nitrogens is 1. The second kappa shape index (κ2) is 5.51. The molecule has 0 aliphatic heterocycles. The van der Waals surface area contributed by atoms with E-state index in [0.29, 0.717) is 6.42 Å². The van der Waals surface area contributed by atoms with Crippen LogP contribution in [0.2, 0.25) is 0 Å². The standard InChI is InChI=1S/C10H10N2O5S2/c13-10(14)7-1-2-9(17-7)19(15,16)12-4-3-8-11-5-6-18-8/h1-2,5-6,12H,3-4H2,(H,13,14). The third kappa shape index (κ3) is 3.40. The van der Waals surface area contributed by atoms with Crippen LogP contribution in [-0.2, 0) is 16.4 Å². The Morgan fingerprint density at radius 2 is 2.26 bits per heavy atom. The molecule has 9 heteroatoms. The van der Waals surface area contributed by atoms with Crippen molar-refractivity contribution in [1.82, 2.24) is 9.71 Å². The van der Waals surface area contributed by atoms with Crippen molar-refractivity contribution in [2.75, 3.05) is 6.54 Å². The maximum absolute atomic E-state index is 11.8. The number of carboxylic acids is 1. The van der Waals surface area contributed by atoms with Gasteiger partial charge >= 0.3 is 5.97 Å². The summed E-state index contributed by atoms with van der Waals surface area (Å²) in [5.74, 6) is -1.73. The molecule has 2 aromatic heterocycles. The molecule has 0 bridgehead atoms. The number of thiazole rings is 1. The van der Waals surface area contributed by atoms with E-state index in [9.17, 15) is 13.2 Å². The molecule has 0 saturated carbocycles. The van der Waals surface area contributed by atoms with Crippen molar-refractivity contribution in [2.45, 2.75) is 11.5 Å². The zero-order chi connectivity index (χ0) is 13.9. The number of furan rings is 1. The fraction of sp³-hybridized carbons (Fsp3) is 0.200. The molecule has 0 aromatic carbocycles. The fourth-order valence-electron chi connectivity index (χ4n) is 1.32. The molecule has 0 aliphatic carbocycles. The van der Waals surface area contributed by atoms with E-state index < -0.39 is 26.8 Å². The monoisotopic (exact) mass is 302 g/mol. The third-order valence-corrected chi connectivity index (χ3v) is 4.34. The van der Waals surface area contributed by atoms with Crippen molar-refractivity contribution in [3.63, 3.8) is 0 Å². The van der Waals surface area contributed by atoms with Gasteiger partial charge in [0.15, 0.2) is 0 Å². The average molecular weight is 302 g/mol. The molecule has 0 amide bonds. The van der Waals surface area contributed by atoms with Gasteiger partial charge in [0.2, 0.25) is 10.9 Å². The Morgan fingerprint density at radius 3 is 2.84 bits per heavy atom. The molecule has 2 N–H and O–H groups in total. The van der Waals surface area contributed by atoms with E-state index in [0.717, 1.165) is 17.1 Å². The van der Waals surface area contributed by atoms with Crippen molar-refractivity contribution in [3.8, 4) is 0 Å². The number of hydrogen-bond donors (Lipinski definition) is 2. The van der Waals surface area contributed by atoms with Crippen LogP contribution in [0, 0.1) is 0 Å². The lowest BCUT2D eigenvalue weighted by molar-refractivity contribution is 0.0656. The molecule has 0 aliphatic rings. The van der Waals surface area contributed by atoms with Crippen LogP contribution in [0.3, 0.4) is 0 Å². The minimum Gasteiger partial charge on any atom is -0.475 e. The smallest absolute Gasteiger partial charge is 0.371 e. The first-order valence-corrected chi connectivity index (χ1v) is 7.56. The first kappa shape index (κ1) is 13.7. The number of sulfonamides is 1. The second-order valence-electron chi connectivity index (χ2n) is 3.50. The van der Waals surface area contributed by atoms with Crippen molar-refractivity contribution in [3.05, 3.63) is 34.5 Å². The summed E-state index contributed by atoms with van der Waals surface area (Å²) >= 11 is 1.43. The number of nitrogens with zero attached hydrogens (tertiary/aromatic N) is 1. The molecule has 0 saturated heterocycles. The van der Waals surface area contributed by atoms with Crippen LogP contribution in [0.1, 0.15) is 15.6 Å². The second-order valence-corrected chi connectivity index (χ2v) is 6.17. The lowest BCUT2D eigenvalue weighted by Gasteiger charge is -2.02. The summed E-state index contributed by atoms with van der Waals surface area (Å²) in [6, 6.07) is 2.20. The normalized spacial score (nSPS) is 11.6. The summed E-state index contributed by atoms with van der Waals surface area (Å²) in [5.41, 5.74) is 0. The van der Waals surface area contributed by atoms with Crippen LogP contribution in [-0.4, -0.2) is 31.0 Å². The third-order valence-electron chi connectivity index (χ3n) is 2.17. The lowest BCUT2D eigenvalue weighted by Crippen LogP contribution is -2.25. The molecular formula is C10H10N2O5S2. The van der Waals surface area contributed by atoms with Crippen LogP contribution < -0.4 is 4.72 Å². The molecule has 7 nitrogen and oxygen atoms in total. The molecule has 19 heavy (non-hydrogen) atoms.